The van der Waals surface area contributed by atoms with Gasteiger partial charge in [-0.3, -0.25) is 0 Å². The number of esters is 1. The van der Waals surface area contributed by atoms with Crippen molar-refractivity contribution in [2.45, 2.75) is 33.3 Å². The van der Waals surface area contributed by atoms with E-state index < -0.39 is 5.60 Å². The molecule has 0 heterocycles. The molecule has 2 aromatic carbocycles. The van der Waals surface area contributed by atoms with Crippen LogP contribution in [0.15, 0.2) is 60.7 Å². The molecule has 0 saturated carbocycles. The molecule has 0 atom stereocenters. The number of benzene rings is 2. The fourth-order valence-corrected chi connectivity index (χ4v) is 2.13. The van der Waals surface area contributed by atoms with Gasteiger partial charge in [-0.25, -0.2) is 4.79 Å². The monoisotopic (exact) mass is 294 g/mol. The third-order valence-corrected chi connectivity index (χ3v) is 3.12. The molecule has 0 saturated heterocycles. The fourth-order valence-electron chi connectivity index (χ4n) is 2.13. The number of hydrogen-bond acceptors (Lipinski definition) is 2. The van der Waals surface area contributed by atoms with Gasteiger partial charge in [-0.15, -0.1) is 0 Å². The summed E-state index contributed by atoms with van der Waals surface area (Å²) in [6.45, 7) is 7.65. The van der Waals surface area contributed by atoms with E-state index in [0.29, 0.717) is 0 Å². The van der Waals surface area contributed by atoms with Crippen LogP contribution in [0.1, 0.15) is 37.5 Å². The third kappa shape index (κ3) is 4.59. The largest absolute Gasteiger partial charge is 0.457 e. The van der Waals surface area contributed by atoms with Crippen LogP contribution in [0.5, 0.6) is 0 Å². The van der Waals surface area contributed by atoms with E-state index >= 15 is 0 Å². The van der Waals surface area contributed by atoms with Crippen molar-refractivity contribution >= 4 is 11.5 Å². The molecule has 0 bridgehead atoms. The fraction of sp³-hybridized carbons (Fsp3) is 0.250. The maximum Gasteiger partial charge on any atom is 0.331 e. The summed E-state index contributed by atoms with van der Waals surface area (Å²) in [6.07, 6.45) is 1.57. The van der Waals surface area contributed by atoms with E-state index in [-0.39, 0.29) is 5.97 Å². The first-order valence-corrected chi connectivity index (χ1v) is 7.42. The van der Waals surface area contributed by atoms with Crippen LogP contribution in [0.25, 0.3) is 5.57 Å². The number of hydrogen-bond donors (Lipinski definition) is 0. The molecule has 0 N–H and O–H groups in total. The van der Waals surface area contributed by atoms with Gasteiger partial charge in [-0.2, -0.15) is 0 Å². The van der Waals surface area contributed by atoms with Crippen LogP contribution < -0.4 is 0 Å². The summed E-state index contributed by atoms with van der Waals surface area (Å²) in [7, 11) is 0. The average molecular weight is 294 g/mol. The van der Waals surface area contributed by atoms with Crippen LogP contribution in [0.4, 0.5) is 0 Å². The number of carbonyl (C=O) groups is 1. The number of rotatable bonds is 3. The minimum Gasteiger partial charge on any atom is -0.457 e. The van der Waals surface area contributed by atoms with Crippen LogP contribution in [-0.4, -0.2) is 11.6 Å². The summed E-state index contributed by atoms with van der Waals surface area (Å²) in [6, 6.07) is 18.0. The van der Waals surface area contributed by atoms with Crippen molar-refractivity contribution in [3.63, 3.8) is 0 Å². The molecule has 2 nitrogen and oxygen atoms in total. The SMILES string of the molecule is Cc1ccc(/C(=C/C(=O)OC(C)(C)C)c2ccccc2)cc1. The molecule has 2 rings (SSSR count). The van der Waals surface area contributed by atoms with Gasteiger partial charge in [0.15, 0.2) is 0 Å². The molecule has 2 aromatic rings. The zero-order valence-corrected chi connectivity index (χ0v) is 13.6. The Balaban J connectivity index is 2.42. The van der Waals surface area contributed by atoms with E-state index in [0.717, 1.165) is 16.7 Å². The van der Waals surface area contributed by atoms with Crippen LogP contribution in [-0.2, 0) is 9.53 Å². The van der Waals surface area contributed by atoms with Gasteiger partial charge < -0.3 is 4.74 Å². The van der Waals surface area contributed by atoms with Crippen molar-refractivity contribution in [2.75, 3.05) is 0 Å². The van der Waals surface area contributed by atoms with Gasteiger partial charge in [0, 0.05) is 6.08 Å². The number of ether oxygens (including phenoxy) is 1. The summed E-state index contributed by atoms with van der Waals surface area (Å²) < 4.78 is 5.42. The first kappa shape index (κ1) is 16.0. The summed E-state index contributed by atoms with van der Waals surface area (Å²) in [5.41, 5.74) is 3.56. The third-order valence-electron chi connectivity index (χ3n) is 3.12. The summed E-state index contributed by atoms with van der Waals surface area (Å²) in [5, 5.41) is 0. The second-order valence-corrected chi connectivity index (χ2v) is 6.32. The Bertz CT molecular complexity index is 659. The minimum atomic E-state index is -0.497. The Hall–Kier alpha value is -2.35. The van der Waals surface area contributed by atoms with Gasteiger partial charge in [0.25, 0.3) is 0 Å². The summed E-state index contributed by atoms with van der Waals surface area (Å²) in [5.74, 6) is -0.327. The Kier molecular flexibility index (Phi) is 4.81. The molecule has 0 fully saturated rings. The van der Waals surface area contributed by atoms with Crippen molar-refractivity contribution in [3.05, 3.63) is 77.4 Å². The van der Waals surface area contributed by atoms with E-state index in [9.17, 15) is 4.79 Å². The smallest absolute Gasteiger partial charge is 0.331 e. The number of aryl methyl sites for hydroxylation is 1. The molecule has 2 heteroatoms. The topological polar surface area (TPSA) is 26.3 Å². The molecule has 0 unspecified atom stereocenters. The van der Waals surface area contributed by atoms with E-state index in [1.165, 1.54) is 5.56 Å². The van der Waals surface area contributed by atoms with E-state index in [2.05, 4.69) is 0 Å². The maximum absolute atomic E-state index is 12.2. The molecule has 0 spiro atoms. The summed E-state index contributed by atoms with van der Waals surface area (Å²) >= 11 is 0. The quantitative estimate of drug-likeness (QED) is 0.602. The second kappa shape index (κ2) is 6.61. The Labute approximate surface area is 132 Å². The molecule has 0 aliphatic carbocycles. The van der Waals surface area contributed by atoms with E-state index in [1.54, 1.807) is 6.08 Å². The highest BCUT2D eigenvalue weighted by Crippen LogP contribution is 2.24. The number of carbonyl (C=O) groups excluding carboxylic acids is 1. The minimum absolute atomic E-state index is 0.327. The van der Waals surface area contributed by atoms with Crippen molar-refractivity contribution in [1.29, 1.82) is 0 Å². The van der Waals surface area contributed by atoms with Crippen LogP contribution in [0, 0.1) is 6.92 Å². The van der Waals surface area contributed by atoms with Crippen molar-refractivity contribution < 1.29 is 9.53 Å². The van der Waals surface area contributed by atoms with Crippen LogP contribution in [0.3, 0.4) is 0 Å². The van der Waals surface area contributed by atoms with E-state index in [4.69, 9.17) is 4.74 Å². The highest BCUT2D eigenvalue weighted by molar-refractivity contribution is 5.96. The van der Waals surface area contributed by atoms with Gasteiger partial charge in [-0.05, 0) is 44.4 Å². The first-order valence-electron chi connectivity index (χ1n) is 7.42. The van der Waals surface area contributed by atoms with Crippen LogP contribution >= 0.6 is 0 Å². The Morgan fingerprint density at radius 2 is 1.45 bits per heavy atom. The average Bonchev–Trinajstić information content (AvgIpc) is 2.45. The zero-order chi connectivity index (χ0) is 16.2. The maximum atomic E-state index is 12.2. The molecule has 0 amide bonds. The summed E-state index contributed by atoms with van der Waals surface area (Å²) in [4.78, 5) is 12.2. The molecule has 22 heavy (non-hydrogen) atoms. The highest BCUT2D eigenvalue weighted by atomic mass is 16.6. The van der Waals surface area contributed by atoms with E-state index in [1.807, 2.05) is 82.3 Å². The lowest BCUT2D eigenvalue weighted by Gasteiger charge is -2.19. The lowest BCUT2D eigenvalue weighted by Crippen LogP contribution is -2.22. The molecule has 0 radical (unpaired) electrons. The lowest BCUT2D eigenvalue weighted by atomic mass is 9.97. The predicted octanol–water partition coefficient (Wildman–Crippen LogP) is 4.77. The lowest BCUT2D eigenvalue weighted by molar-refractivity contribution is -0.148. The molecular formula is C20H22O2. The van der Waals surface area contributed by atoms with Gasteiger partial charge >= 0.3 is 5.97 Å². The normalized spacial score (nSPS) is 12.1. The van der Waals surface area contributed by atoms with Crippen molar-refractivity contribution in [2.24, 2.45) is 0 Å². The first-order chi connectivity index (χ1) is 10.3. The second-order valence-electron chi connectivity index (χ2n) is 6.32. The van der Waals surface area contributed by atoms with Gasteiger partial charge in [0.2, 0.25) is 0 Å². The zero-order valence-electron chi connectivity index (χ0n) is 13.6. The van der Waals surface area contributed by atoms with Crippen molar-refractivity contribution in [3.8, 4) is 0 Å². The Morgan fingerprint density at radius 1 is 0.909 bits per heavy atom. The highest BCUT2D eigenvalue weighted by Gasteiger charge is 2.16. The molecule has 114 valence electrons. The molecule has 0 aromatic heterocycles. The van der Waals surface area contributed by atoms with Gasteiger partial charge in [0.05, 0.1) is 0 Å². The van der Waals surface area contributed by atoms with Crippen molar-refractivity contribution in [1.82, 2.24) is 0 Å². The predicted molar refractivity (Wildman–Crippen MR) is 90.5 cm³/mol. The van der Waals surface area contributed by atoms with Gasteiger partial charge in [0.1, 0.15) is 5.60 Å². The van der Waals surface area contributed by atoms with Crippen LogP contribution in [0.2, 0.25) is 0 Å². The molecule has 0 aliphatic heterocycles. The van der Waals surface area contributed by atoms with Gasteiger partial charge in [-0.1, -0.05) is 60.2 Å². The molecule has 0 aliphatic rings. The Morgan fingerprint density at radius 3 is 2.00 bits per heavy atom. The molecular weight excluding hydrogens is 272 g/mol. The standard InChI is InChI=1S/C20H22O2/c1-15-10-12-17(13-11-15)18(16-8-6-5-7-9-16)14-19(21)22-20(2,3)4/h5-14H,1-4H3/b18-14+.